The Balaban J connectivity index is 2.75. The molecule has 0 saturated heterocycles. The maximum absolute atomic E-state index is 11.9. The van der Waals surface area contributed by atoms with Gasteiger partial charge >= 0.3 is 6.18 Å². The van der Waals surface area contributed by atoms with Gasteiger partial charge in [-0.25, -0.2) is 0 Å². The molecular formula is C10H7F3N2O. The number of para-hydroxylation sites is 1. The number of halogens is 3. The summed E-state index contributed by atoms with van der Waals surface area (Å²) < 4.78 is 35.6. The van der Waals surface area contributed by atoms with E-state index in [0.29, 0.717) is 0 Å². The van der Waals surface area contributed by atoms with E-state index in [0.717, 1.165) is 0 Å². The average molecular weight is 228 g/mol. The summed E-state index contributed by atoms with van der Waals surface area (Å²) in [6.45, 7) is 0. The predicted octanol–water partition coefficient (Wildman–Crippen LogP) is 2.45. The maximum atomic E-state index is 11.9. The van der Waals surface area contributed by atoms with Gasteiger partial charge in [0.15, 0.2) is 0 Å². The Bertz CT molecular complexity index is 434. The van der Waals surface area contributed by atoms with E-state index in [1.807, 2.05) is 5.32 Å². The van der Waals surface area contributed by atoms with E-state index in [1.165, 1.54) is 18.2 Å². The third kappa shape index (κ3) is 3.61. The van der Waals surface area contributed by atoms with Crippen LogP contribution >= 0.6 is 0 Å². The molecule has 16 heavy (non-hydrogen) atoms. The molecule has 0 saturated carbocycles. The van der Waals surface area contributed by atoms with E-state index in [9.17, 15) is 18.0 Å². The zero-order valence-corrected chi connectivity index (χ0v) is 8.01. The van der Waals surface area contributed by atoms with Gasteiger partial charge in [-0.05, 0) is 12.1 Å². The second-order valence-electron chi connectivity index (χ2n) is 3.00. The minimum Gasteiger partial charge on any atom is -0.325 e. The van der Waals surface area contributed by atoms with Gasteiger partial charge in [0.25, 0.3) is 0 Å². The second-order valence-corrected chi connectivity index (χ2v) is 3.00. The van der Waals surface area contributed by atoms with Crippen LogP contribution in [0.25, 0.3) is 0 Å². The summed E-state index contributed by atoms with van der Waals surface area (Å²) in [5.41, 5.74) is 0.206. The normalized spacial score (nSPS) is 10.6. The minimum absolute atomic E-state index is 0.0826. The summed E-state index contributed by atoms with van der Waals surface area (Å²) in [4.78, 5) is 11.0. The quantitative estimate of drug-likeness (QED) is 0.845. The van der Waals surface area contributed by atoms with Crippen LogP contribution in [0.15, 0.2) is 24.3 Å². The predicted molar refractivity (Wildman–Crippen MR) is 50.5 cm³/mol. The van der Waals surface area contributed by atoms with Crippen LogP contribution in [0.2, 0.25) is 0 Å². The van der Waals surface area contributed by atoms with Gasteiger partial charge in [-0.1, -0.05) is 12.1 Å². The SMILES string of the molecule is N#Cc1ccccc1NC(=O)CC(F)(F)F. The number of nitrogens with zero attached hydrogens (tertiary/aromatic N) is 1. The van der Waals surface area contributed by atoms with Crippen LogP contribution in [0.5, 0.6) is 0 Å². The zero-order valence-electron chi connectivity index (χ0n) is 8.01. The van der Waals surface area contributed by atoms with E-state index in [4.69, 9.17) is 5.26 Å². The van der Waals surface area contributed by atoms with Crippen LogP contribution in [0.1, 0.15) is 12.0 Å². The van der Waals surface area contributed by atoms with Crippen molar-refractivity contribution in [3.8, 4) is 6.07 Å². The lowest BCUT2D eigenvalue weighted by molar-refractivity contribution is -0.150. The maximum Gasteiger partial charge on any atom is 0.397 e. The topological polar surface area (TPSA) is 52.9 Å². The molecule has 0 aliphatic heterocycles. The molecule has 0 bridgehead atoms. The molecule has 3 nitrogen and oxygen atoms in total. The molecule has 1 aromatic carbocycles. The molecule has 0 fully saturated rings. The number of benzene rings is 1. The van der Waals surface area contributed by atoms with Crippen molar-refractivity contribution in [1.29, 1.82) is 5.26 Å². The van der Waals surface area contributed by atoms with Crippen molar-refractivity contribution in [3.63, 3.8) is 0 Å². The zero-order chi connectivity index (χ0) is 12.2. The minimum atomic E-state index is -4.55. The molecule has 0 atom stereocenters. The first-order valence-electron chi connectivity index (χ1n) is 4.28. The summed E-state index contributed by atoms with van der Waals surface area (Å²) in [6.07, 6.45) is -6.11. The molecule has 0 unspecified atom stereocenters. The molecule has 0 heterocycles. The van der Waals surface area contributed by atoms with Gasteiger partial charge < -0.3 is 5.32 Å². The number of hydrogen-bond acceptors (Lipinski definition) is 2. The lowest BCUT2D eigenvalue weighted by Crippen LogP contribution is -2.21. The van der Waals surface area contributed by atoms with Crippen LogP contribution in [-0.4, -0.2) is 12.1 Å². The lowest BCUT2D eigenvalue weighted by Gasteiger charge is -2.08. The molecular weight excluding hydrogens is 221 g/mol. The van der Waals surface area contributed by atoms with E-state index < -0.39 is 18.5 Å². The lowest BCUT2D eigenvalue weighted by atomic mass is 10.2. The molecule has 6 heteroatoms. The summed E-state index contributed by atoms with van der Waals surface area (Å²) in [6, 6.07) is 7.61. The number of anilines is 1. The van der Waals surface area contributed by atoms with Crippen LogP contribution in [0.4, 0.5) is 18.9 Å². The van der Waals surface area contributed by atoms with Gasteiger partial charge in [0.1, 0.15) is 12.5 Å². The molecule has 1 rings (SSSR count). The van der Waals surface area contributed by atoms with Gasteiger partial charge in [0.2, 0.25) is 5.91 Å². The van der Waals surface area contributed by atoms with Crippen LogP contribution in [0.3, 0.4) is 0 Å². The summed E-state index contributed by atoms with van der Waals surface area (Å²) in [7, 11) is 0. The highest BCUT2D eigenvalue weighted by atomic mass is 19.4. The Labute approximate surface area is 89.5 Å². The van der Waals surface area contributed by atoms with Crippen molar-refractivity contribution >= 4 is 11.6 Å². The van der Waals surface area contributed by atoms with Gasteiger partial charge in [0.05, 0.1) is 11.3 Å². The number of alkyl halides is 3. The van der Waals surface area contributed by atoms with Gasteiger partial charge in [-0.2, -0.15) is 18.4 Å². The monoisotopic (exact) mass is 228 g/mol. The molecule has 84 valence electrons. The first kappa shape index (κ1) is 12.0. The fourth-order valence-electron chi connectivity index (χ4n) is 1.07. The molecule has 0 aliphatic carbocycles. The van der Waals surface area contributed by atoms with Crippen molar-refractivity contribution in [2.75, 3.05) is 5.32 Å². The fourth-order valence-corrected chi connectivity index (χ4v) is 1.07. The van der Waals surface area contributed by atoms with Gasteiger partial charge in [-0.15, -0.1) is 0 Å². The summed E-state index contributed by atoms with van der Waals surface area (Å²) in [5.74, 6) is -1.19. The number of carbonyl (C=O) groups is 1. The Hall–Kier alpha value is -2.03. The van der Waals surface area contributed by atoms with Crippen LogP contribution in [-0.2, 0) is 4.79 Å². The standard InChI is InChI=1S/C10H7F3N2O/c11-10(12,13)5-9(16)15-8-4-2-1-3-7(8)6-14/h1-4H,5H2,(H,15,16). The van der Waals surface area contributed by atoms with Gasteiger partial charge in [0, 0.05) is 0 Å². The van der Waals surface area contributed by atoms with Crippen LogP contribution < -0.4 is 5.32 Å². The molecule has 0 radical (unpaired) electrons. The third-order valence-corrected chi connectivity index (χ3v) is 1.68. The largest absolute Gasteiger partial charge is 0.397 e. The first-order valence-corrected chi connectivity index (χ1v) is 4.28. The van der Waals surface area contributed by atoms with E-state index in [1.54, 1.807) is 12.1 Å². The van der Waals surface area contributed by atoms with Crippen molar-refractivity contribution in [3.05, 3.63) is 29.8 Å². The first-order chi connectivity index (χ1) is 7.42. The highest BCUT2D eigenvalue weighted by Gasteiger charge is 2.31. The number of amides is 1. The Morgan fingerprint density at radius 3 is 2.56 bits per heavy atom. The molecule has 1 aromatic rings. The molecule has 0 aromatic heterocycles. The number of rotatable bonds is 2. The molecule has 0 aliphatic rings. The number of carbonyl (C=O) groups excluding carboxylic acids is 1. The van der Waals surface area contributed by atoms with Crippen molar-refractivity contribution < 1.29 is 18.0 Å². The van der Waals surface area contributed by atoms with E-state index >= 15 is 0 Å². The third-order valence-electron chi connectivity index (χ3n) is 1.68. The van der Waals surface area contributed by atoms with Crippen molar-refractivity contribution in [2.45, 2.75) is 12.6 Å². The Morgan fingerprint density at radius 2 is 2.00 bits per heavy atom. The number of nitriles is 1. The number of nitrogens with one attached hydrogen (secondary N) is 1. The van der Waals surface area contributed by atoms with Crippen molar-refractivity contribution in [2.24, 2.45) is 0 Å². The average Bonchev–Trinajstić information content (AvgIpc) is 2.15. The molecule has 1 N–H and O–H groups in total. The fraction of sp³-hybridized carbons (Fsp3) is 0.200. The molecule has 1 amide bonds. The van der Waals surface area contributed by atoms with E-state index in [2.05, 4.69) is 0 Å². The van der Waals surface area contributed by atoms with Gasteiger partial charge in [-0.3, -0.25) is 4.79 Å². The molecule has 0 spiro atoms. The Morgan fingerprint density at radius 1 is 1.38 bits per heavy atom. The smallest absolute Gasteiger partial charge is 0.325 e. The van der Waals surface area contributed by atoms with Crippen molar-refractivity contribution in [1.82, 2.24) is 0 Å². The summed E-state index contributed by atoms with van der Waals surface area (Å²) >= 11 is 0. The second kappa shape index (κ2) is 4.66. The Kier molecular flexibility index (Phi) is 3.51. The van der Waals surface area contributed by atoms with E-state index in [-0.39, 0.29) is 11.3 Å². The van der Waals surface area contributed by atoms with Crippen LogP contribution in [0, 0.1) is 11.3 Å². The number of hydrogen-bond donors (Lipinski definition) is 1. The highest BCUT2D eigenvalue weighted by Crippen LogP contribution is 2.21. The summed E-state index contributed by atoms with van der Waals surface area (Å²) in [5, 5.41) is 10.7. The highest BCUT2D eigenvalue weighted by molar-refractivity contribution is 5.92.